The van der Waals surface area contributed by atoms with E-state index in [0.29, 0.717) is 11.2 Å². The summed E-state index contributed by atoms with van der Waals surface area (Å²) in [5, 5.41) is 7.57. The van der Waals surface area contributed by atoms with Crippen molar-refractivity contribution in [3.8, 4) is 5.75 Å². The average Bonchev–Trinajstić information content (AvgIpc) is 2.47. The zero-order valence-corrected chi connectivity index (χ0v) is 14.9. The predicted molar refractivity (Wildman–Crippen MR) is 87.8 cm³/mol. The highest BCUT2D eigenvalue weighted by molar-refractivity contribution is 9.10. The number of ether oxygens (including phenoxy) is 1. The Morgan fingerprint density at radius 3 is 1.90 bits per heavy atom. The lowest BCUT2D eigenvalue weighted by Crippen LogP contribution is -1.91. The summed E-state index contributed by atoms with van der Waals surface area (Å²) in [6.45, 7) is 4.56. The Kier molecular flexibility index (Phi) is 12.0. The number of halogens is 3. The molecule has 2 aromatic heterocycles. The second kappa shape index (κ2) is 12.7. The first-order valence-corrected chi connectivity index (χ1v) is 7.74. The maximum Gasteiger partial charge on any atom is 0.141 e. The maximum atomic E-state index is 12.0. The van der Waals surface area contributed by atoms with E-state index in [2.05, 4.69) is 41.8 Å². The van der Waals surface area contributed by atoms with Crippen molar-refractivity contribution in [1.82, 2.24) is 9.97 Å². The molecule has 4 nitrogen and oxygen atoms in total. The van der Waals surface area contributed by atoms with E-state index in [1.54, 1.807) is 19.2 Å². The third-order valence-corrected chi connectivity index (χ3v) is 2.64. The molecule has 0 aliphatic heterocycles. The summed E-state index contributed by atoms with van der Waals surface area (Å²) in [6.07, 6.45) is 2.84. The van der Waals surface area contributed by atoms with E-state index in [9.17, 15) is 4.39 Å². The van der Waals surface area contributed by atoms with Gasteiger partial charge in [0.2, 0.25) is 0 Å². The Labute approximate surface area is 140 Å². The predicted octanol–water partition coefficient (Wildman–Crippen LogP) is 4.22. The zero-order chi connectivity index (χ0) is 16.1. The summed E-state index contributed by atoms with van der Waals surface area (Å²) in [5.74, 6) is 0.499. The standard InChI is InChI=1S/C7H8BrNO.C5H3BrFN.C2H6O/c1-2-10-6-3-4-7(8)9-5-6;6-5-2-1-4(7)3-8-5;1-2-3/h3-5H,2H2,1H3;1-3H;3H,2H2,1H3. The number of aliphatic hydroxyl groups excluding tert-OH is 1. The van der Waals surface area contributed by atoms with Crippen LogP contribution in [0.4, 0.5) is 4.39 Å². The smallest absolute Gasteiger partial charge is 0.141 e. The average molecular weight is 424 g/mol. The van der Waals surface area contributed by atoms with E-state index in [0.717, 1.165) is 16.5 Å². The molecule has 0 aromatic carbocycles. The molecule has 0 atom stereocenters. The topological polar surface area (TPSA) is 55.2 Å². The molecule has 0 aliphatic rings. The number of aliphatic hydroxyl groups is 1. The van der Waals surface area contributed by atoms with Crippen LogP contribution in [0.1, 0.15) is 13.8 Å². The van der Waals surface area contributed by atoms with Gasteiger partial charge in [0, 0.05) is 6.61 Å². The van der Waals surface area contributed by atoms with E-state index in [1.807, 2.05) is 19.1 Å². The van der Waals surface area contributed by atoms with Gasteiger partial charge < -0.3 is 9.84 Å². The molecule has 0 saturated carbocycles. The number of pyridine rings is 2. The lowest BCUT2D eigenvalue weighted by Gasteiger charge is -1.99. The van der Waals surface area contributed by atoms with Crippen LogP contribution in [0.15, 0.2) is 45.9 Å². The quantitative estimate of drug-likeness (QED) is 0.734. The third-order valence-electron chi connectivity index (χ3n) is 1.70. The number of aromatic nitrogens is 2. The summed E-state index contributed by atoms with van der Waals surface area (Å²) >= 11 is 6.30. The number of hydrogen-bond acceptors (Lipinski definition) is 4. The van der Waals surface area contributed by atoms with Crippen LogP contribution in [-0.2, 0) is 0 Å². The van der Waals surface area contributed by atoms with E-state index in [4.69, 9.17) is 9.84 Å². The van der Waals surface area contributed by atoms with Gasteiger partial charge in [-0.3, -0.25) is 0 Å². The Balaban J connectivity index is 0.000000327. The molecule has 2 heterocycles. The lowest BCUT2D eigenvalue weighted by molar-refractivity contribution is 0.318. The molecule has 116 valence electrons. The van der Waals surface area contributed by atoms with Crippen LogP contribution in [0.3, 0.4) is 0 Å². The first kappa shape index (κ1) is 19.9. The molecular weight excluding hydrogens is 407 g/mol. The Bertz CT molecular complexity index is 460. The molecule has 0 saturated heterocycles. The van der Waals surface area contributed by atoms with Crippen molar-refractivity contribution in [1.29, 1.82) is 0 Å². The minimum absolute atomic E-state index is 0.250. The molecule has 0 bridgehead atoms. The van der Waals surface area contributed by atoms with Crippen LogP contribution in [0, 0.1) is 5.82 Å². The highest BCUT2D eigenvalue weighted by Gasteiger charge is 1.90. The van der Waals surface area contributed by atoms with Crippen LogP contribution < -0.4 is 4.74 Å². The molecule has 0 amide bonds. The number of rotatable bonds is 2. The van der Waals surface area contributed by atoms with Gasteiger partial charge >= 0.3 is 0 Å². The van der Waals surface area contributed by atoms with E-state index >= 15 is 0 Å². The fraction of sp³-hybridized carbons (Fsp3) is 0.286. The van der Waals surface area contributed by atoms with Gasteiger partial charge in [-0.2, -0.15) is 0 Å². The van der Waals surface area contributed by atoms with Gasteiger partial charge in [0.05, 0.1) is 19.0 Å². The molecule has 1 N–H and O–H groups in total. The largest absolute Gasteiger partial charge is 0.492 e. The fourth-order valence-electron chi connectivity index (χ4n) is 0.972. The van der Waals surface area contributed by atoms with Gasteiger partial charge in [0.1, 0.15) is 20.8 Å². The van der Waals surface area contributed by atoms with Gasteiger partial charge in [-0.25, -0.2) is 14.4 Å². The summed E-state index contributed by atoms with van der Waals surface area (Å²) in [5.41, 5.74) is 0. The minimum Gasteiger partial charge on any atom is -0.492 e. The van der Waals surface area contributed by atoms with Crippen molar-refractivity contribution in [3.63, 3.8) is 0 Å². The monoisotopic (exact) mass is 422 g/mol. The van der Waals surface area contributed by atoms with Gasteiger partial charge in [-0.1, -0.05) is 0 Å². The zero-order valence-electron chi connectivity index (χ0n) is 11.8. The third kappa shape index (κ3) is 11.3. The van der Waals surface area contributed by atoms with Crippen molar-refractivity contribution < 1.29 is 14.2 Å². The van der Waals surface area contributed by atoms with Crippen molar-refractivity contribution in [2.45, 2.75) is 13.8 Å². The number of hydrogen-bond donors (Lipinski definition) is 1. The van der Waals surface area contributed by atoms with Gasteiger partial charge in [-0.05, 0) is 70.0 Å². The van der Waals surface area contributed by atoms with Crippen LogP contribution in [0.2, 0.25) is 0 Å². The molecule has 0 fully saturated rings. The molecule has 7 heteroatoms. The Hall–Kier alpha value is -1.05. The van der Waals surface area contributed by atoms with Crippen molar-refractivity contribution in [2.75, 3.05) is 13.2 Å². The Morgan fingerprint density at radius 1 is 1.05 bits per heavy atom. The number of nitrogens with zero attached hydrogens (tertiary/aromatic N) is 2. The maximum absolute atomic E-state index is 12.0. The first-order chi connectivity index (χ1) is 10.0. The molecular formula is C14H17Br2FN2O2. The van der Waals surface area contributed by atoms with Crippen molar-refractivity contribution in [2.24, 2.45) is 0 Å². The highest BCUT2D eigenvalue weighted by atomic mass is 79.9. The molecule has 0 radical (unpaired) electrons. The summed E-state index contributed by atoms with van der Waals surface area (Å²) in [6, 6.07) is 6.62. The minimum atomic E-state index is -0.312. The second-order valence-electron chi connectivity index (χ2n) is 3.37. The second-order valence-corrected chi connectivity index (χ2v) is 4.99. The molecule has 0 spiro atoms. The van der Waals surface area contributed by atoms with E-state index < -0.39 is 0 Å². The van der Waals surface area contributed by atoms with Crippen LogP contribution in [0.5, 0.6) is 5.75 Å². The van der Waals surface area contributed by atoms with Crippen molar-refractivity contribution in [3.05, 3.63) is 51.7 Å². The fourth-order valence-corrected chi connectivity index (χ4v) is 1.44. The first-order valence-electron chi connectivity index (χ1n) is 6.15. The molecule has 0 aliphatic carbocycles. The Morgan fingerprint density at radius 2 is 1.57 bits per heavy atom. The van der Waals surface area contributed by atoms with Crippen LogP contribution >= 0.6 is 31.9 Å². The van der Waals surface area contributed by atoms with E-state index in [-0.39, 0.29) is 12.4 Å². The van der Waals surface area contributed by atoms with Crippen molar-refractivity contribution >= 4 is 31.9 Å². The molecule has 0 unspecified atom stereocenters. The highest BCUT2D eigenvalue weighted by Crippen LogP contribution is 2.11. The summed E-state index contributed by atoms with van der Waals surface area (Å²) in [4.78, 5) is 7.61. The van der Waals surface area contributed by atoms with E-state index in [1.165, 1.54) is 6.07 Å². The van der Waals surface area contributed by atoms with Gasteiger partial charge in [0.25, 0.3) is 0 Å². The lowest BCUT2D eigenvalue weighted by atomic mass is 10.5. The summed E-state index contributed by atoms with van der Waals surface area (Å²) in [7, 11) is 0. The molecule has 2 rings (SSSR count). The molecule has 2 aromatic rings. The van der Waals surface area contributed by atoms with Crippen LogP contribution in [-0.4, -0.2) is 28.3 Å². The van der Waals surface area contributed by atoms with Gasteiger partial charge in [-0.15, -0.1) is 0 Å². The molecule has 21 heavy (non-hydrogen) atoms. The van der Waals surface area contributed by atoms with Crippen LogP contribution in [0.25, 0.3) is 0 Å². The normalized spacial score (nSPS) is 8.86. The van der Waals surface area contributed by atoms with Gasteiger partial charge in [0.15, 0.2) is 0 Å². The summed E-state index contributed by atoms with van der Waals surface area (Å²) < 4.78 is 18.7. The SMILES string of the molecule is CCO.CCOc1ccc(Br)nc1.Fc1ccc(Br)nc1.